The fraction of sp³-hybridized carbons (Fsp3) is 0.474. The summed E-state index contributed by atoms with van der Waals surface area (Å²) < 4.78 is 16.1. The summed E-state index contributed by atoms with van der Waals surface area (Å²) in [5.41, 5.74) is 0. The van der Waals surface area contributed by atoms with Crippen LogP contribution in [0.3, 0.4) is 0 Å². The molecule has 26 heavy (non-hydrogen) atoms. The molecule has 6 nitrogen and oxygen atoms in total. The van der Waals surface area contributed by atoms with E-state index in [9.17, 15) is 4.79 Å². The Labute approximate surface area is 158 Å². The molecule has 0 spiro atoms. The molecule has 1 atom stereocenters. The molecule has 1 saturated heterocycles. The molecule has 7 heteroatoms. The Kier molecular flexibility index (Phi) is 6.39. The van der Waals surface area contributed by atoms with E-state index in [0.29, 0.717) is 36.3 Å². The minimum absolute atomic E-state index is 0.131. The Hall–Kier alpha value is -2.21. The Morgan fingerprint density at radius 2 is 2.12 bits per heavy atom. The maximum atomic E-state index is 12.4. The highest BCUT2D eigenvalue weighted by molar-refractivity contribution is 6.29. The van der Waals surface area contributed by atoms with Crippen LogP contribution in [0, 0.1) is 5.92 Å². The molecule has 2 aromatic rings. The number of benzene rings is 1. The lowest BCUT2D eigenvalue weighted by molar-refractivity contribution is -0.133. The summed E-state index contributed by atoms with van der Waals surface area (Å²) in [6, 6.07) is 9.19. The predicted molar refractivity (Wildman–Crippen MR) is 97.6 cm³/mol. The van der Waals surface area contributed by atoms with Gasteiger partial charge in [0.25, 0.3) is 0 Å². The lowest BCUT2D eigenvalue weighted by Crippen LogP contribution is -2.41. The number of piperidine rings is 1. The summed E-state index contributed by atoms with van der Waals surface area (Å²) >= 11 is 5.72. The van der Waals surface area contributed by atoms with Crippen molar-refractivity contribution in [1.82, 2.24) is 10.1 Å². The first kappa shape index (κ1) is 18.6. The average Bonchev–Trinajstić information content (AvgIpc) is 3.10. The summed E-state index contributed by atoms with van der Waals surface area (Å²) in [5, 5.41) is 3.94. The van der Waals surface area contributed by atoms with E-state index in [1.165, 1.54) is 0 Å². The van der Waals surface area contributed by atoms with Crippen LogP contribution < -0.4 is 9.47 Å². The fourth-order valence-electron chi connectivity index (χ4n) is 3.11. The number of carbonyl (C=O) groups is 1. The number of likely N-dealkylation sites (tertiary alicyclic amines) is 1. The van der Waals surface area contributed by atoms with Crippen LogP contribution >= 0.6 is 11.6 Å². The van der Waals surface area contributed by atoms with E-state index in [1.54, 1.807) is 13.2 Å². The minimum Gasteiger partial charge on any atom is -0.497 e. The predicted octanol–water partition coefficient (Wildman–Crippen LogP) is 3.59. The number of halogens is 1. The molecular formula is C19H23ClN2O4. The summed E-state index contributed by atoms with van der Waals surface area (Å²) in [5.74, 6) is 2.73. The maximum absolute atomic E-state index is 12.4. The zero-order chi connectivity index (χ0) is 18.4. The SMILES string of the molecule is COc1ccc(OC[C@@H]2CCCN(C(=O)CCc3cc(Cl)no3)C2)cc1. The first-order valence-electron chi connectivity index (χ1n) is 8.80. The second kappa shape index (κ2) is 8.94. The summed E-state index contributed by atoms with van der Waals surface area (Å²) in [6.45, 7) is 2.13. The van der Waals surface area contributed by atoms with Gasteiger partial charge in [-0.1, -0.05) is 16.8 Å². The van der Waals surface area contributed by atoms with Crippen LogP contribution in [0.2, 0.25) is 5.15 Å². The number of amides is 1. The molecule has 1 aliphatic rings. The molecule has 1 aliphatic heterocycles. The van der Waals surface area contributed by atoms with E-state index < -0.39 is 0 Å². The first-order chi connectivity index (χ1) is 12.6. The highest BCUT2D eigenvalue weighted by Gasteiger charge is 2.24. The van der Waals surface area contributed by atoms with Crippen LogP contribution in [0.5, 0.6) is 11.5 Å². The third-order valence-electron chi connectivity index (χ3n) is 4.53. The lowest BCUT2D eigenvalue weighted by Gasteiger charge is -2.32. The van der Waals surface area contributed by atoms with Crippen LogP contribution in [0.4, 0.5) is 0 Å². The van der Waals surface area contributed by atoms with Gasteiger partial charge < -0.3 is 18.9 Å². The van der Waals surface area contributed by atoms with Gasteiger partial charge in [0.15, 0.2) is 5.15 Å². The highest BCUT2D eigenvalue weighted by Crippen LogP contribution is 2.22. The van der Waals surface area contributed by atoms with E-state index in [-0.39, 0.29) is 5.91 Å². The second-order valence-corrected chi connectivity index (χ2v) is 6.84. The standard InChI is InChI=1S/C19H23ClN2O4/c1-24-15-4-6-16(7-5-15)25-13-14-3-2-10-22(12-14)19(23)9-8-17-11-18(20)21-26-17/h4-7,11,14H,2-3,8-10,12-13H2,1H3/t14-/m1/s1. The van der Waals surface area contributed by atoms with Crippen LogP contribution in [-0.4, -0.2) is 42.8 Å². The number of hydrogen-bond acceptors (Lipinski definition) is 5. The molecular weight excluding hydrogens is 356 g/mol. The molecule has 0 saturated carbocycles. The zero-order valence-corrected chi connectivity index (χ0v) is 15.6. The molecule has 0 unspecified atom stereocenters. The number of ether oxygens (including phenoxy) is 2. The molecule has 2 heterocycles. The van der Waals surface area contributed by atoms with Gasteiger partial charge in [-0.3, -0.25) is 4.79 Å². The van der Waals surface area contributed by atoms with Crippen LogP contribution in [0.15, 0.2) is 34.9 Å². The fourth-order valence-corrected chi connectivity index (χ4v) is 3.26. The quantitative estimate of drug-likeness (QED) is 0.736. The first-order valence-corrected chi connectivity index (χ1v) is 9.17. The number of aryl methyl sites for hydroxylation is 1. The van der Waals surface area contributed by atoms with E-state index >= 15 is 0 Å². The molecule has 0 bridgehead atoms. The van der Waals surface area contributed by atoms with E-state index in [2.05, 4.69) is 5.16 Å². The number of nitrogens with zero attached hydrogens (tertiary/aromatic N) is 2. The van der Waals surface area contributed by atoms with Crippen molar-refractivity contribution in [2.45, 2.75) is 25.7 Å². The molecule has 0 aliphatic carbocycles. The van der Waals surface area contributed by atoms with Gasteiger partial charge in [0, 0.05) is 37.9 Å². The van der Waals surface area contributed by atoms with Gasteiger partial charge in [-0.05, 0) is 37.1 Å². The molecule has 140 valence electrons. The normalized spacial score (nSPS) is 17.2. The van der Waals surface area contributed by atoms with Crippen molar-refractivity contribution in [2.24, 2.45) is 5.92 Å². The van der Waals surface area contributed by atoms with Crippen molar-refractivity contribution in [3.8, 4) is 11.5 Å². The summed E-state index contributed by atoms with van der Waals surface area (Å²) in [6.07, 6.45) is 2.98. The Morgan fingerprint density at radius 3 is 2.81 bits per heavy atom. The molecule has 0 N–H and O–H groups in total. The van der Waals surface area contributed by atoms with Crippen molar-refractivity contribution in [3.63, 3.8) is 0 Å². The van der Waals surface area contributed by atoms with Crippen molar-refractivity contribution in [3.05, 3.63) is 41.2 Å². The number of rotatable bonds is 7. The topological polar surface area (TPSA) is 64.8 Å². The molecule has 1 aromatic carbocycles. The van der Waals surface area contributed by atoms with Gasteiger partial charge in [-0.25, -0.2) is 0 Å². The van der Waals surface area contributed by atoms with Crippen molar-refractivity contribution in [1.29, 1.82) is 0 Å². The smallest absolute Gasteiger partial charge is 0.223 e. The van der Waals surface area contributed by atoms with Crippen molar-refractivity contribution < 1.29 is 18.8 Å². The Balaban J connectivity index is 1.44. The summed E-state index contributed by atoms with van der Waals surface area (Å²) in [7, 11) is 1.64. The minimum atomic E-state index is 0.131. The van der Waals surface area contributed by atoms with Gasteiger partial charge in [-0.2, -0.15) is 0 Å². The zero-order valence-electron chi connectivity index (χ0n) is 14.8. The van der Waals surface area contributed by atoms with Gasteiger partial charge in [0.05, 0.1) is 13.7 Å². The van der Waals surface area contributed by atoms with Crippen LogP contribution in [-0.2, 0) is 11.2 Å². The van der Waals surface area contributed by atoms with Gasteiger partial charge in [-0.15, -0.1) is 0 Å². The third kappa shape index (κ3) is 5.14. The average molecular weight is 379 g/mol. The number of aromatic nitrogens is 1. The largest absolute Gasteiger partial charge is 0.497 e. The monoisotopic (exact) mass is 378 g/mol. The number of methoxy groups -OCH3 is 1. The molecule has 3 rings (SSSR count). The van der Waals surface area contributed by atoms with Crippen LogP contribution in [0.1, 0.15) is 25.0 Å². The second-order valence-electron chi connectivity index (χ2n) is 6.45. The Bertz CT molecular complexity index is 717. The van der Waals surface area contributed by atoms with Gasteiger partial charge in [0.1, 0.15) is 17.3 Å². The van der Waals surface area contributed by atoms with Crippen molar-refractivity contribution in [2.75, 3.05) is 26.8 Å². The van der Waals surface area contributed by atoms with E-state index in [1.807, 2.05) is 29.2 Å². The van der Waals surface area contributed by atoms with E-state index in [0.717, 1.165) is 37.4 Å². The third-order valence-corrected chi connectivity index (χ3v) is 4.71. The molecule has 0 radical (unpaired) electrons. The molecule has 1 aromatic heterocycles. The number of hydrogen-bond donors (Lipinski definition) is 0. The van der Waals surface area contributed by atoms with Crippen LogP contribution in [0.25, 0.3) is 0 Å². The number of carbonyl (C=O) groups excluding carboxylic acids is 1. The van der Waals surface area contributed by atoms with Crippen molar-refractivity contribution >= 4 is 17.5 Å². The van der Waals surface area contributed by atoms with Gasteiger partial charge >= 0.3 is 0 Å². The van der Waals surface area contributed by atoms with Gasteiger partial charge in [0.2, 0.25) is 5.91 Å². The lowest BCUT2D eigenvalue weighted by atomic mass is 9.98. The Morgan fingerprint density at radius 1 is 1.35 bits per heavy atom. The maximum Gasteiger partial charge on any atom is 0.223 e. The molecule has 1 fully saturated rings. The summed E-state index contributed by atoms with van der Waals surface area (Å²) in [4.78, 5) is 14.4. The highest BCUT2D eigenvalue weighted by atomic mass is 35.5. The van der Waals surface area contributed by atoms with E-state index in [4.69, 9.17) is 25.6 Å². The molecule has 1 amide bonds.